The number of para-hydroxylation sites is 1. The summed E-state index contributed by atoms with van der Waals surface area (Å²) in [5.41, 5.74) is 1.97. The Hall–Kier alpha value is -2.40. The molecule has 118 valence electrons. The van der Waals surface area contributed by atoms with Crippen LogP contribution in [0.5, 0.6) is 0 Å². The molecule has 6 heteroatoms. The van der Waals surface area contributed by atoms with E-state index in [0.29, 0.717) is 35.3 Å². The fraction of sp³-hybridized carbons (Fsp3) is 0.176. The molecule has 0 aliphatic carbocycles. The number of benzene rings is 2. The fourth-order valence-electron chi connectivity index (χ4n) is 2.40. The number of halogens is 2. The molecule has 0 bridgehead atoms. The second-order valence-electron chi connectivity index (χ2n) is 5.23. The molecule has 0 radical (unpaired) electrons. The van der Waals surface area contributed by atoms with Gasteiger partial charge in [-0.25, -0.2) is 9.38 Å². The SMILES string of the molecule is Cc1cccc(Cl)c1N=C1NCCN1C(=O)c1ccc(F)cc1. The lowest BCUT2D eigenvalue weighted by Crippen LogP contribution is -2.35. The van der Waals surface area contributed by atoms with E-state index in [9.17, 15) is 9.18 Å². The first kappa shape index (κ1) is 15.5. The molecule has 1 N–H and O–H groups in total. The van der Waals surface area contributed by atoms with Crippen molar-refractivity contribution in [2.45, 2.75) is 6.92 Å². The largest absolute Gasteiger partial charge is 0.354 e. The van der Waals surface area contributed by atoms with E-state index in [1.807, 2.05) is 19.1 Å². The standard InChI is InChI=1S/C17H15ClFN3O/c1-11-3-2-4-14(18)15(11)21-17-20-9-10-22(17)16(23)12-5-7-13(19)8-6-12/h2-8H,9-10H2,1H3,(H,20,21). The Kier molecular flexibility index (Phi) is 4.30. The molecule has 3 rings (SSSR count). The highest BCUT2D eigenvalue weighted by Crippen LogP contribution is 2.29. The number of guanidine groups is 1. The number of carbonyl (C=O) groups is 1. The van der Waals surface area contributed by atoms with Gasteiger partial charge in [-0.15, -0.1) is 0 Å². The van der Waals surface area contributed by atoms with Gasteiger partial charge in [0.15, 0.2) is 0 Å². The lowest BCUT2D eigenvalue weighted by Gasteiger charge is -2.16. The van der Waals surface area contributed by atoms with Gasteiger partial charge in [-0.2, -0.15) is 0 Å². The van der Waals surface area contributed by atoms with Gasteiger partial charge in [0.2, 0.25) is 5.96 Å². The molecule has 1 amide bonds. The van der Waals surface area contributed by atoms with Crippen LogP contribution in [-0.2, 0) is 0 Å². The van der Waals surface area contributed by atoms with E-state index in [-0.39, 0.29) is 11.7 Å². The van der Waals surface area contributed by atoms with Crippen molar-refractivity contribution in [3.63, 3.8) is 0 Å². The maximum absolute atomic E-state index is 13.0. The zero-order valence-electron chi connectivity index (χ0n) is 12.5. The highest BCUT2D eigenvalue weighted by Gasteiger charge is 2.26. The summed E-state index contributed by atoms with van der Waals surface area (Å²) in [5, 5.41) is 3.62. The van der Waals surface area contributed by atoms with Gasteiger partial charge in [-0.1, -0.05) is 23.7 Å². The molecular formula is C17H15ClFN3O. The van der Waals surface area contributed by atoms with E-state index in [4.69, 9.17) is 11.6 Å². The average molecular weight is 332 g/mol. The predicted octanol–water partition coefficient (Wildman–Crippen LogP) is 3.52. The second kappa shape index (κ2) is 6.38. The summed E-state index contributed by atoms with van der Waals surface area (Å²) in [6, 6.07) is 11.0. The Morgan fingerprint density at radius 1 is 1.26 bits per heavy atom. The van der Waals surface area contributed by atoms with Crippen LogP contribution in [-0.4, -0.2) is 29.9 Å². The first-order valence-electron chi connectivity index (χ1n) is 7.21. The summed E-state index contributed by atoms with van der Waals surface area (Å²) >= 11 is 6.19. The first-order chi connectivity index (χ1) is 11.1. The van der Waals surface area contributed by atoms with Crippen LogP contribution in [0, 0.1) is 12.7 Å². The van der Waals surface area contributed by atoms with Gasteiger partial charge in [-0.3, -0.25) is 9.69 Å². The number of amides is 1. The van der Waals surface area contributed by atoms with Gasteiger partial charge in [-0.05, 0) is 42.8 Å². The highest BCUT2D eigenvalue weighted by atomic mass is 35.5. The molecule has 0 spiro atoms. The number of carbonyl (C=O) groups excluding carboxylic acids is 1. The summed E-state index contributed by atoms with van der Waals surface area (Å²) in [7, 11) is 0. The van der Waals surface area contributed by atoms with E-state index >= 15 is 0 Å². The smallest absolute Gasteiger partial charge is 0.260 e. The van der Waals surface area contributed by atoms with Gasteiger partial charge in [0, 0.05) is 18.7 Å². The molecule has 0 aromatic heterocycles. The predicted molar refractivity (Wildman–Crippen MR) is 88.7 cm³/mol. The molecule has 1 aliphatic rings. The Balaban J connectivity index is 1.92. The molecule has 1 heterocycles. The van der Waals surface area contributed by atoms with Crippen LogP contribution < -0.4 is 5.32 Å². The normalized spacial score (nSPS) is 15.8. The topological polar surface area (TPSA) is 44.7 Å². The third-order valence-electron chi connectivity index (χ3n) is 3.62. The summed E-state index contributed by atoms with van der Waals surface area (Å²) < 4.78 is 13.0. The first-order valence-corrected chi connectivity index (χ1v) is 7.59. The van der Waals surface area contributed by atoms with E-state index < -0.39 is 0 Å². The number of hydrogen-bond acceptors (Lipinski definition) is 2. The minimum atomic E-state index is -0.373. The summed E-state index contributed by atoms with van der Waals surface area (Å²) in [4.78, 5) is 18.6. The number of aliphatic imine (C=N–C) groups is 1. The molecular weight excluding hydrogens is 317 g/mol. The number of nitrogens with zero attached hydrogens (tertiary/aromatic N) is 2. The Bertz CT molecular complexity index is 754. The molecule has 1 saturated heterocycles. The fourth-order valence-corrected chi connectivity index (χ4v) is 2.66. The summed E-state index contributed by atoms with van der Waals surface area (Å²) in [6.07, 6.45) is 0. The zero-order chi connectivity index (χ0) is 16.4. The van der Waals surface area contributed by atoms with Crippen molar-refractivity contribution in [2.24, 2.45) is 4.99 Å². The quantitative estimate of drug-likeness (QED) is 0.915. The van der Waals surface area contributed by atoms with Crippen molar-refractivity contribution < 1.29 is 9.18 Å². The summed E-state index contributed by atoms with van der Waals surface area (Å²) in [5.74, 6) is -0.143. The maximum Gasteiger partial charge on any atom is 0.260 e. The summed E-state index contributed by atoms with van der Waals surface area (Å²) in [6.45, 7) is 3.01. The van der Waals surface area contributed by atoms with Crippen LogP contribution in [0.25, 0.3) is 0 Å². The van der Waals surface area contributed by atoms with E-state index in [1.165, 1.54) is 29.2 Å². The maximum atomic E-state index is 13.0. The van der Waals surface area contributed by atoms with E-state index in [1.54, 1.807) is 6.07 Å². The molecule has 2 aromatic rings. The van der Waals surface area contributed by atoms with Crippen molar-refractivity contribution >= 4 is 29.2 Å². The molecule has 0 atom stereocenters. The van der Waals surface area contributed by atoms with Crippen LogP contribution in [0.1, 0.15) is 15.9 Å². The molecule has 0 unspecified atom stereocenters. The van der Waals surface area contributed by atoms with Gasteiger partial charge in [0.05, 0.1) is 10.7 Å². The van der Waals surface area contributed by atoms with Gasteiger partial charge in [0.25, 0.3) is 5.91 Å². The van der Waals surface area contributed by atoms with Crippen molar-refractivity contribution in [1.29, 1.82) is 0 Å². The van der Waals surface area contributed by atoms with Crippen LogP contribution >= 0.6 is 11.6 Å². The van der Waals surface area contributed by atoms with Gasteiger partial charge in [0.1, 0.15) is 5.82 Å². The lowest BCUT2D eigenvalue weighted by atomic mass is 10.2. The Labute approximate surface area is 138 Å². The zero-order valence-corrected chi connectivity index (χ0v) is 13.3. The monoisotopic (exact) mass is 331 g/mol. The van der Waals surface area contributed by atoms with Gasteiger partial charge < -0.3 is 5.32 Å². The van der Waals surface area contributed by atoms with Crippen molar-refractivity contribution in [3.8, 4) is 0 Å². The molecule has 2 aromatic carbocycles. The Morgan fingerprint density at radius 2 is 2.00 bits per heavy atom. The van der Waals surface area contributed by atoms with Gasteiger partial charge >= 0.3 is 0 Å². The third kappa shape index (κ3) is 3.19. The molecule has 23 heavy (non-hydrogen) atoms. The number of rotatable bonds is 2. The number of hydrogen-bond donors (Lipinski definition) is 1. The second-order valence-corrected chi connectivity index (χ2v) is 5.64. The minimum Gasteiger partial charge on any atom is -0.354 e. The van der Waals surface area contributed by atoms with Crippen molar-refractivity contribution in [3.05, 3.63) is 64.4 Å². The third-order valence-corrected chi connectivity index (χ3v) is 3.92. The van der Waals surface area contributed by atoms with Crippen LogP contribution in [0.4, 0.5) is 10.1 Å². The lowest BCUT2D eigenvalue weighted by molar-refractivity contribution is 0.0859. The molecule has 0 saturated carbocycles. The van der Waals surface area contributed by atoms with E-state index in [0.717, 1.165) is 5.56 Å². The average Bonchev–Trinajstić information content (AvgIpc) is 2.99. The molecule has 1 fully saturated rings. The van der Waals surface area contributed by atoms with E-state index in [2.05, 4.69) is 10.3 Å². The van der Waals surface area contributed by atoms with Crippen molar-refractivity contribution in [1.82, 2.24) is 10.2 Å². The van der Waals surface area contributed by atoms with Crippen LogP contribution in [0.2, 0.25) is 5.02 Å². The minimum absolute atomic E-state index is 0.224. The van der Waals surface area contributed by atoms with Crippen molar-refractivity contribution in [2.75, 3.05) is 13.1 Å². The molecule has 4 nitrogen and oxygen atoms in total. The van der Waals surface area contributed by atoms with Crippen LogP contribution in [0.15, 0.2) is 47.5 Å². The highest BCUT2D eigenvalue weighted by molar-refractivity contribution is 6.33. The molecule has 1 aliphatic heterocycles. The number of aryl methyl sites for hydroxylation is 1. The Morgan fingerprint density at radius 3 is 2.70 bits per heavy atom. The van der Waals surface area contributed by atoms with Crippen LogP contribution in [0.3, 0.4) is 0 Å². The number of nitrogens with one attached hydrogen (secondary N) is 1.